The molecule has 3 aliphatic rings. The van der Waals surface area contributed by atoms with Gasteiger partial charge in [0.15, 0.2) is 0 Å². The summed E-state index contributed by atoms with van der Waals surface area (Å²) >= 11 is -3.42. The molecule has 4 rings (SSSR count). The van der Waals surface area contributed by atoms with Crippen LogP contribution in [0.4, 0.5) is 3.55 Å². The minimum absolute atomic E-state index is 0.127. The Morgan fingerprint density at radius 1 is 1.26 bits per heavy atom. The second-order valence-electron chi connectivity index (χ2n) is 6.99. The summed E-state index contributed by atoms with van der Waals surface area (Å²) in [6.07, 6.45) is 3.72. The van der Waals surface area contributed by atoms with E-state index in [0.29, 0.717) is 5.32 Å². The molecule has 104 valence electrons. The molecule has 0 N–H and O–H groups in total. The fourth-order valence-corrected chi connectivity index (χ4v) is 10.9. The van der Waals surface area contributed by atoms with Crippen LogP contribution in [0.1, 0.15) is 33.1 Å². The molecular formula is C16H21FOSe. The van der Waals surface area contributed by atoms with Crippen molar-refractivity contribution in [3.05, 3.63) is 30.3 Å². The molecule has 1 unspecified atom stereocenters. The molecule has 1 saturated heterocycles. The van der Waals surface area contributed by atoms with Crippen LogP contribution in [0.2, 0.25) is 5.32 Å². The summed E-state index contributed by atoms with van der Waals surface area (Å²) in [5, 5.41) is 0.696. The predicted octanol–water partition coefficient (Wildman–Crippen LogP) is 3.53. The van der Waals surface area contributed by atoms with Crippen LogP contribution in [0.25, 0.3) is 0 Å². The van der Waals surface area contributed by atoms with Crippen LogP contribution < -0.4 is 4.46 Å². The molecule has 0 radical (unpaired) electrons. The summed E-state index contributed by atoms with van der Waals surface area (Å²) in [5.74, 6) is 0.745. The summed E-state index contributed by atoms with van der Waals surface area (Å²) in [6.45, 7) is 4.70. The Morgan fingerprint density at radius 2 is 2.00 bits per heavy atom. The van der Waals surface area contributed by atoms with Gasteiger partial charge in [0.2, 0.25) is 0 Å². The molecule has 2 saturated carbocycles. The van der Waals surface area contributed by atoms with E-state index in [0.717, 1.165) is 16.8 Å². The normalized spacial score (nSPS) is 49.8. The fraction of sp³-hybridized carbons (Fsp3) is 0.625. The first-order valence-electron chi connectivity index (χ1n) is 7.22. The number of rotatable bonds is 1. The molecule has 1 aliphatic heterocycles. The molecule has 3 fully saturated rings. The average Bonchev–Trinajstić information content (AvgIpc) is 2.91. The van der Waals surface area contributed by atoms with Gasteiger partial charge in [-0.3, -0.25) is 0 Å². The van der Waals surface area contributed by atoms with Crippen molar-refractivity contribution < 1.29 is 7.37 Å². The maximum absolute atomic E-state index is 15.5. The zero-order valence-electron chi connectivity index (χ0n) is 11.6. The van der Waals surface area contributed by atoms with Crippen molar-refractivity contribution in [2.75, 3.05) is 0 Å². The van der Waals surface area contributed by atoms with E-state index in [1.807, 2.05) is 30.3 Å². The van der Waals surface area contributed by atoms with Gasteiger partial charge in [0.05, 0.1) is 0 Å². The SMILES string of the molecule is CC1(C)[C@@H]2CC[C@]13C[Se](F)(c1ccccc1)O[C@@H]3C2. The van der Waals surface area contributed by atoms with E-state index in [9.17, 15) is 0 Å². The molecule has 1 nitrogen and oxygen atoms in total. The second kappa shape index (κ2) is 3.63. The number of hydrogen-bond acceptors (Lipinski definition) is 1. The van der Waals surface area contributed by atoms with E-state index in [1.54, 1.807) is 0 Å². The van der Waals surface area contributed by atoms with E-state index < -0.39 is 13.6 Å². The average molecular weight is 327 g/mol. The van der Waals surface area contributed by atoms with Gasteiger partial charge in [0.25, 0.3) is 0 Å². The Labute approximate surface area is 117 Å². The molecule has 0 amide bonds. The molecule has 0 aromatic heterocycles. The molecule has 19 heavy (non-hydrogen) atoms. The van der Waals surface area contributed by atoms with Gasteiger partial charge in [-0.15, -0.1) is 0 Å². The van der Waals surface area contributed by atoms with E-state index in [4.69, 9.17) is 3.82 Å². The van der Waals surface area contributed by atoms with Crippen molar-refractivity contribution in [1.82, 2.24) is 0 Å². The van der Waals surface area contributed by atoms with Crippen molar-refractivity contribution in [3.8, 4) is 0 Å². The Morgan fingerprint density at radius 3 is 2.63 bits per heavy atom. The maximum atomic E-state index is 15.5. The van der Waals surface area contributed by atoms with Gasteiger partial charge in [-0.25, -0.2) is 0 Å². The fourth-order valence-electron chi connectivity index (χ4n) is 4.79. The summed E-state index contributed by atoms with van der Waals surface area (Å²) in [5.41, 5.74) is 0.389. The van der Waals surface area contributed by atoms with Crippen LogP contribution in [-0.2, 0) is 3.82 Å². The van der Waals surface area contributed by atoms with Crippen LogP contribution in [0, 0.1) is 16.7 Å². The number of benzene rings is 1. The zero-order valence-corrected chi connectivity index (χ0v) is 13.3. The number of fused-ring (bicyclic) bond motifs is 1. The molecule has 1 aromatic carbocycles. The molecule has 1 heterocycles. The Hall–Kier alpha value is -0.371. The van der Waals surface area contributed by atoms with Crippen molar-refractivity contribution >= 4 is 18.1 Å². The summed E-state index contributed by atoms with van der Waals surface area (Å²) in [6, 6.07) is 9.68. The van der Waals surface area contributed by atoms with Gasteiger partial charge >= 0.3 is 117 Å². The molecule has 4 atom stereocenters. The van der Waals surface area contributed by atoms with Gasteiger partial charge in [0.1, 0.15) is 0 Å². The Balaban J connectivity index is 1.75. The van der Waals surface area contributed by atoms with Gasteiger partial charge in [0, 0.05) is 0 Å². The topological polar surface area (TPSA) is 9.23 Å². The van der Waals surface area contributed by atoms with Crippen LogP contribution in [0.15, 0.2) is 30.3 Å². The minimum atomic E-state index is -3.42. The van der Waals surface area contributed by atoms with Crippen LogP contribution in [0.5, 0.6) is 0 Å². The van der Waals surface area contributed by atoms with Crippen molar-refractivity contribution in [3.63, 3.8) is 0 Å². The van der Waals surface area contributed by atoms with Crippen LogP contribution >= 0.6 is 0 Å². The number of halogens is 1. The van der Waals surface area contributed by atoms with Crippen LogP contribution in [0.3, 0.4) is 0 Å². The van der Waals surface area contributed by atoms with Gasteiger partial charge in [-0.05, 0) is 0 Å². The van der Waals surface area contributed by atoms with E-state index in [-0.39, 0.29) is 16.9 Å². The third-order valence-corrected chi connectivity index (χ3v) is 11.2. The molecule has 1 aromatic rings. The quantitative estimate of drug-likeness (QED) is 0.717. The summed E-state index contributed by atoms with van der Waals surface area (Å²) < 4.78 is 22.5. The van der Waals surface area contributed by atoms with Crippen molar-refractivity contribution in [2.24, 2.45) is 16.7 Å². The molecular weight excluding hydrogens is 306 g/mol. The third kappa shape index (κ3) is 1.39. The van der Waals surface area contributed by atoms with Gasteiger partial charge in [-0.1, -0.05) is 0 Å². The van der Waals surface area contributed by atoms with E-state index in [2.05, 4.69) is 13.8 Å². The van der Waals surface area contributed by atoms with Crippen LogP contribution in [-0.4, -0.2) is 19.7 Å². The Kier molecular flexibility index (Phi) is 2.37. The van der Waals surface area contributed by atoms with E-state index >= 15 is 3.55 Å². The first-order chi connectivity index (χ1) is 8.98. The third-order valence-electron chi connectivity index (χ3n) is 6.16. The molecule has 1 spiro atoms. The first kappa shape index (κ1) is 12.4. The van der Waals surface area contributed by atoms with Gasteiger partial charge in [-0.2, -0.15) is 0 Å². The summed E-state index contributed by atoms with van der Waals surface area (Å²) in [7, 11) is 0. The Bertz CT molecular complexity index is 517. The molecule has 2 bridgehead atoms. The van der Waals surface area contributed by atoms with Crippen molar-refractivity contribution in [1.29, 1.82) is 0 Å². The first-order valence-corrected chi connectivity index (χ1v) is 10.6. The second-order valence-corrected chi connectivity index (χ2v) is 11.5. The predicted molar refractivity (Wildman–Crippen MR) is 76.2 cm³/mol. The standard InChI is InChI=1S/C16H21FOSe/c1-15(2)12-8-9-16(15)11-19(17,18-14(16)10-12)13-6-4-3-5-7-13/h3-7,12,14H,8-11H2,1-2H3/t12-,14-,16-/m1/s1. The molecule has 3 heteroatoms. The monoisotopic (exact) mass is 328 g/mol. The van der Waals surface area contributed by atoms with E-state index in [1.165, 1.54) is 12.8 Å². The van der Waals surface area contributed by atoms with Crippen molar-refractivity contribution in [2.45, 2.75) is 44.5 Å². The molecule has 2 aliphatic carbocycles. The zero-order chi connectivity index (χ0) is 13.3. The number of hydrogen-bond donors (Lipinski definition) is 0. The van der Waals surface area contributed by atoms with Gasteiger partial charge < -0.3 is 0 Å². The summed E-state index contributed by atoms with van der Waals surface area (Å²) in [4.78, 5) is 0.